The number of benzene rings is 1. The largest absolute Gasteiger partial charge is 0.495 e. The second-order valence-electron chi connectivity index (χ2n) is 4.59. The Kier molecular flexibility index (Phi) is 3.30. The van der Waals surface area contributed by atoms with Gasteiger partial charge in [0.1, 0.15) is 10.6 Å². The number of hydrogen-bond acceptors (Lipinski definition) is 3. The van der Waals surface area contributed by atoms with Gasteiger partial charge in [0, 0.05) is 0 Å². The van der Waals surface area contributed by atoms with Gasteiger partial charge >= 0.3 is 0 Å². The molecule has 0 amide bonds. The minimum atomic E-state index is -4.23. The second kappa shape index (κ2) is 4.07. The molecule has 0 aromatic heterocycles. The third-order valence-electron chi connectivity index (χ3n) is 2.31. The highest BCUT2D eigenvalue weighted by molar-refractivity contribution is 7.86. The first kappa shape index (κ1) is 13.0. The summed E-state index contributed by atoms with van der Waals surface area (Å²) in [5.74, 6) is 0.162. The van der Waals surface area contributed by atoms with Crippen LogP contribution in [0.3, 0.4) is 0 Å². The van der Waals surface area contributed by atoms with Gasteiger partial charge in [-0.3, -0.25) is 4.55 Å². The van der Waals surface area contributed by atoms with Crippen molar-refractivity contribution in [3.05, 3.63) is 23.8 Å². The lowest BCUT2D eigenvalue weighted by Gasteiger charge is -2.20. The molecule has 0 fully saturated rings. The van der Waals surface area contributed by atoms with Gasteiger partial charge in [0.15, 0.2) is 0 Å². The van der Waals surface area contributed by atoms with E-state index in [1.165, 1.54) is 13.2 Å². The van der Waals surface area contributed by atoms with Crippen molar-refractivity contribution in [3.8, 4) is 5.75 Å². The number of rotatable bonds is 2. The van der Waals surface area contributed by atoms with Crippen molar-refractivity contribution in [3.63, 3.8) is 0 Å². The van der Waals surface area contributed by atoms with E-state index < -0.39 is 10.1 Å². The van der Waals surface area contributed by atoms with E-state index in [1.54, 1.807) is 12.1 Å². The molecule has 0 atom stereocenters. The standard InChI is InChI=1S/C11H16O4S/c1-11(2,3)8-5-6-10(16(12,13)14)9(7-8)15-4/h5-7H,1-4H3,(H,12,13,14). The molecule has 1 rings (SSSR count). The Labute approximate surface area is 96.0 Å². The molecule has 0 bridgehead atoms. The van der Waals surface area contributed by atoms with Crippen LogP contribution in [0.25, 0.3) is 0 Å². The molecular weight excluding hydrogens is 228 g/mol. The zero-order chi connectivity index (χ0) is 12.6. The normalized spacial score (nSPS) is 12.6. The Morgan fingerprint density at radius 3 is 2.19 bits per heavy atom. The Hall–Kier alpha value is -1.07. The van der Waals surface area contributed by atoms with Crippen LogP contribution in [0.1, 0.15) is 26.3 Å². The van der Waals surface area contributed by atoms with E-state index in [2.05, 4.69) is 0 Å². The van der Waals surface area contributed by atoms with Gasteiger partial charge in [-0.15, -0.1) is 0 Å². The smallest absolute Gasteiger partial charge is 0.298 e. The third-order valence-corrected chi connectivity index (χ3v) is 3.20. The minimum absolute atomic E-state index is 0.106. The fourth-order valence-electron chi connectivity index (χ4n) is 1.35. The van der Waals surface area contributed by atoms with E-state index in [9.17, 15) is 8.42 Å². The maximum Gasteiger partial charge on any atom is 0.298 e. The number of hydrogen-bond donors (Lipinski definition) is 1. The van der Waals surface area contributed by atoms with Crippen LogP contribution in [-0.2, 0) is 15.5 Å². The van der Waals surface area contributed by atoms with Crippen molar-refractivity contribution in [2.24, 2.45) is 0 Å². The molecule has 16 heavy (non-hydrogen) atoms. The molecule has 1 aromatic carbocycles. The van der Waals surface area contributed by atoms with Gasteiger partial charge in [-0.2, -0.15) is 8.42 Å². The molecule has 0 aliphatic carbocycles. The second-order valence-corrected chi connectivity index (χ2v) is 5.98. The van der Waals surface area contributed by atoms with Crippen molar-refractivity contribution in [2.45, 2.75) is 31.1 Å². The highest BCUT2D eigenvalue weighted by atomic mass is 32.2. The Morgan fingerprint density at radius 1 is 1.25 bits per heavy atom. The first-order chi connectivity index (χ1) is 7.16. The summed E-state index contributed by atoms with van der Waals surface area (Å²) in [4.78, 5) is -0.206. The lowest BCUT2D eigenvalue weighted by molar-refractivity contribution is 0.395. The Morgan fingerprint density at radius 2 is 1.81 bits per heavy atom. The van der Waals surface area contributed by atoms with Crippen LogP contribution >= 0.6 is 0 Å². The summed E-state index contributed by atoms with van der Waals surface area (Å²) in [5.41, 5.74) is 0.835. The van der Waals surface area contributed by atoms with Crippen molar-refractivity contribution in [2.75, 3.05) is 7.11 Å². The van der Waals surface area contributed by atoms with E-state index in [-0.39, 0.29) is 16.1 Å². The summed E-state index contributed by atoms with van der Waals surface area (Å²) >= 11 is 0. The Bertz CT molecular complexity index is 483. The molecule has 90 valence electrons. The van der Waals surface area contributed by atoms with Gasteiger partial charge in [-0.25, -0.2) is 0 Å². The molecular formula is C11H16O4S. The van der Waals surface area contributed by atoms with Crippen molar-refractivity contribution in [1.82, 2.24) is 0 Å². The Balaban J connectivity index is 3.40. The molecule has 1 aromatic rings. The summed E-state index contributed by atoms with van der Waals surface area (Å²) in [6, 6.07) is 4.66. The van der Waals surface area contributed by atoms with Gasteiger partial charge in [-0.1, -0.05) is 26.8 Å². The van der Waals surface area contributed by atoms with Gasteiger partial charge < -0.3 is 4.74 Å². The van der Waals surface area contributed by atoms with Gasteiger partial charge in [-0.05, 0) is 23.1 Å². The van der Waals surface area contributed by atoms with E-state index in [4.69, 9.17) is 9.29 Å². The van der Waals surface area contributed by atoms with Crippen LogP contribution in [0.5, 0.6) is 5.75 Å². The molecule has 0 saturated carbocycles. The molecule has 0 aliphatic rings. The average Bonchev–Trinajstić information content (AvgIpc) is 2.14. The maximum absolute atomic E-state index is 11.0. The summed E-state index contributed by atoms with van der Waals surface area (Å²) < 4.78 is 36.1. The van der Waals surface area contributed by atoms with Gasteiger partial charge in [0.2, 0.25) is 0 Å². The van der Waals surface area contributed by atoms with Crippen molar-refractivity contribution in [1.29, 1.82) is 0 Å². The molecule has 1 N–H and O–H groups in total. The number of methoxy groups -OCH3 is 1. The molecule has 0 radical (unpaired) electrons. The quantitative estimate of drug-likeness (QED) is 0.810. The molecule has 0 heterocycles. The monoisotopic (exact) mass is 244 g/mol. The van der Waals surface area contributed by atoms with E-state index in [0.717, 1.165) is 5.56 Å². The van der Waals surface area contributed by atoms with Crippen LogP contribution in [-0.4, -0.2) is 20.1 Å². The van der Waals surface area contributed by atoms with Crippen LogP contribution in [0, 0.1) is 0 Å². The van der Waals surface area contributed by atoms with Crippen LogP contribution in [0.15, 0.2) is 23.1 Å². The van der Waals surface area contributed by atoms with E-state index in [1.807, 2.05) is 20.8 Å². The third kappa shape index (κ3) is 2.74. The average molecular weight is 244 g/mol. The van der Waals surface area contributed by atoms with Crippen molar-refractivity contribution < 1.29 is 17.7 Å². The fraction of sp³-hybridized carbons (Fsp3) is 0.455. The molecule has 0 saturated heterocycles. The van der Waals surface area contributed by atoms with Crippen molar-refractivity contribution >= 4 is 10.1 Å². The van der Waals surface area contributed by atoms with Crippen LogP contribution < -0.4 is 4.74 Å². The fourth-order valence-corrected chi connectivity index (χ4v) is 1.98. The zero-order valence-corrected chi connectivity index (χ0v) is 10.6. The van der Waals surface area contributed by atoms with E-state index in [0.29, 0.717) is 0 Å². The number of ether oxygens (including phenoxy) is 1. The topological polar surface area (TPSA) is 63.6 Å². The highest BCUT2D eigenvalue weighted by Crippen LogP contribution is 2.30. The first-order valence-corrected chi connectivity index (χ1v) is 6.26. The summed E-state index contributed by atoms with van der Waals surface area (Å²) in [6.45, 7) is 6.03. The predicted octanol–water partition coefficient (Wildman–Crippen LogP) is 2.24. The molecule has 4 nitrogen and oxygen atoms in total. The SMILES string of the molecule is COc1cc(C(C)(C)C)ccc1S(=O)(=O)O. The van der Waals surface area contributed by atoms with E-state index >= 15 is 0 Å². The van der Waals surface area contributed by atoms with Gasteiger partial charge in [0.05, 0.1) is 7.11 Å². The summed E-state index contributed by atoms with van der Waals surface area (Å²) in [7, 11) is -2.86. The zero-order valence-electron chi connectivity index (χ0n) is 9.81. The molecule has 0 aliphatic heterocycles. The van der Waals surface area contributed by atoms with Crippen LogP contribution in [0.4, 0.5) is 0 Å². The molecule has 0 spiro atoms. The lowest BCUT2D eigenvalue weighted by Crippen LogP contribution is -2.12. The minimum Gasteiger partial charge on any atom is -0.495 e. The highest BCUT2D eigenvalue weighted by Gasteiger charge is 2.20. The summed E-state index contributed by atoms with van der Waals surface area (Å²) in [6.07, 6.45) is 0. The van der Waals surface area contributed by atoms with Gasteiger partial charge in [0.25, 0.3) is 10.1 Å². The maximum atomic E-state index is 11.0. The first-order valence-electron chi connectivity index (χ1n) is 4.82. The summed E-state index contributed by atoms with van der Waals surface area (Å²) in [5, 5.41) is 0. The van der Waals surface area contributed by atoms with Crippen LogP contribution in [0.2, 0.25) is 0 Å². The molecule has 0 unspecified atom stereocenters. The predicted molar refractivity (Wildman–Crippen MR) is 61.5 cm³/mol. The lowest BCUT2D eigenvalue weighted by atomic mass is 9.87. The molecule has 5 heteroatoms.